The van der Waals surface area contributed by atoms with Crippen molar-refractivity contribution in [2.45, 2.75) is 50.6 Å². The minimum atomic E-state index is -0.00404. The maximum atomic E-state index is 12.0. The lowest BCUT2D eigenvalue weighted by Crippen LogP contribution is -2.43. The van der Waals surface area contributed by atoms with Crippen molar-refractivity contribution in [3.63, 3.8) is 0 Å². The quantitative estimate of drug-likeness (QED) is 0.656. The van der Waals surface area contributed by atoms with Crippen LogP contribution in [0.15, 0.2) is 42.7 Å². The average Bonchev–Trinajstić information content (AvgIpc) is 3.33. The predicted molar refractivity (Wildman–Crippen MR) is 114 cm³/mol. The Morgan fingerprint density at radius 3 is 2.41 bits per heavy atom. The number of imide groups is 1. The number of hydrogen-bond donors (Lipinski definition) is 1. The second kappa shape index (κ2) is 7.55. The Kier molecular flexibility index (Phi) is 4.75. The number of amides is 2. The Morgan fingerprint density at radius 2 is 1.69 bits per heavy atom. The van der Waals surface area contributed by atoms with E-state index in [9.17, 15) is 9.59 Å². The van der Waals surface area contributed by atoms with E-state index in [0.717, 1.165) is 41.7 Å². The maximum Gasteiger partial charge on any atom is 0.229 e. The highest BCUT2D eigenvalue weighted by Gasteiger charge is 2.36. The molecule has 0 atom stereocenters. The highest BCUT2D eigenvalue weighted by atomic mass is 32.1. The molecule has 0 radical (unpaired) electrons. The number of likely N-dealkylation sites (tertiary alicyclic amines) is 1. The van der Waals surface area contributed by atoms with Crippen LogP contribution in [0.25, 0.3) is 20.7 Å². The summed E-state index contributed by atoms with van der Waals surface area (Å²) >= 11 is 1.67. The predicted octanol–water partition coefficient (Wildman–Crippen LogP) is 4.23. The summed E-state index contributed by atoms with van der Waals surface area (Å²) in [6, 6.07) is 12.8. The molecule has 1 saturated carbocycles. The molecule has 148 valence electrons. The van der Waals surface area contributed by atoms with E-state index < -0.39 is 0 Å². The fraction of sp³-hybridized carbons (Fsp3) is 0.364. The number of carbonyl (C=O) groups excluding carboxylic acids is 2. The van der Waals surface area contributed by atoms with Gasteiger partial charge in [0.15, 0.2) is 0 Å². The Bertz CT molecular complexity index is 1040. The molecule has 5 rings (SSSR count). The Labute approximate surface area is 173 Å². The minimum Gasteiger partial charge on any atom is -0.367 e. The van der Waals surface area contributed by atoms with E-state index in [-0.39, 0.29) is 23.9 Å². The molecule has 7 heteroatoms. The number of hydrogen-bond acceptors (Lipinski definition) is 6. The molecule has 3 aromatic rings. The van der Waals surface area contributed by atoms with Crippen molar-refractivity contribution in [2.24, 2.45) is 0 Å². The first kappa shape index (κ1) is 18.2. The number of nitrogens with zero attached hydrogens (tertiary/aromatic N) is 3. The molecule has 1 saturated heterocycles. The van der Waals surface area contributed by atoms with Gasteiger partial charge in [0.05, 0.1) is 5.39 Å². The van der Waals surface area contributed by atoms with E-state index in [1.54, 1.807) is 17.7 Å². The first-order valence-corrected chi connectivity index (χ1v) is 10.9. The van der Waals surface area contributed by atoms with Crippen LogP contribution in [0.2, 0.25) is 0 Å². The Hall–Kier alpha value is -2.80. The third-order valence-corrected chi connectivity index (χ3v) is 6.97. The van der Waals surface area contributed by atoms with Crippen molar-refractivity contribution in [2.75, 3.05) is 5.32 Å². The van der Waals surface area contributed by atoms with Crippen LogP contribution in [0, 0.1) is 0 Å². The van der Waals surface area contributed by atoms with Crippen molar-refractivity contribution in [1.29, 1.82) is 0 Å². The number of thiophene rings is 1. The van der Waals surface area contributed by atoms with E-state index in [1.165, 1.54) is 15.3 Å². The number of rotatable bonds is 4. The summed E-state index contributed by atoms with van der Waals surface area (Å²) in [5.74, 6) is 0.858. The van der Waals surface area contributed by atoms with E-state index in [4.69, 9.17) is 0 Å². The first-order chi connectivity index (χ1) is 14.2. The van der Waals surface area contributed by atoms with Crippen LogP contribution >= 0.6 is 11.3 Å². The zero-order chi connectivity index (χ0) is 19.8. The van der Waals surface area contributed by atoms with E-state index in [2.05, 4.69) is 33.5 Å². The molecule has 0 spiro atoms. The summed E-state index contributed by atoms with van der Waals surface area (Å²) in [7, 11) is 0. The molecule has 2 amide bonds. The normalized spacial score (nSPS) is 22.4. The smallest absolute Gasteiger partial charge is 0.229 e. The fourth-order valence-corrected chi connectivity index (χ4v) is 5.39. The van der Waals surface area contributed by atoms with Gasteiger partial charge in [-0.2, -0.15) is 0 Å². The van der Waals surface area contributed by atoms with Gasteiger partial charge in [-0.15, -0.1) is 11.3 Å². The molecule has 0 unspecified atom stereocenters. The lowest BCUT2D eigenvalue weighted by Gasteiger charge is -2.34. The third kappa shape index (κ3) is 3.51. The molecule has 6 nitrogen and oxygen atoms in total. The van der Waals surface area contributed by atoms with Crippen LogP contribution in [-0.2, 0) is 9.59 Å². The second-order valence-electron chi connectivity index (χ2n) is 7.73. The molecule has 2 aliphatic rings. The minimum absolute atomic E-state index is 0.00404. The molecule has 0 bridgehead atoms. The van der Waals surface area contributed by atoms with Gasteiger partial charge in [-0.25, -0.2) is 9.97 Å². The number of aromatic nitrogens is 2. The number of fused-ring (bicyclic) bond motifs is 1. The van der Waals surface area contributed by atoms with Crippen molar-refractivity contribution in [1.82, 2.24) is 14.9 Å². The average molecular weight is 407 g/mol. The molecule has 2 fully saturated rings. The number of nitrogens with one attached hydrogen (secondary N) is 1. The van der Waals surface area contributed by atoms with Crippen LogP contribution in [0.3, 0.4) is 0 Å². The van der Waals surface area contributed by atoms with Crippen molar-refractivity contribution in [3.05, 3.63) is 42.7 Å². The van der Waals surface area contributed by atoms with Gasteiger partial charge in [0.2, 0.25) is 11.8 Å². The largest absolute Gasteiger partial charge is 0.367 e. The standard InChI is InChI=1S/C22H22N4O2S/c27-19-10-11-20(28)26(19)16-8-6-15(7-9-16)25-21-17-12-18(14-4-2-1-3-5-14)29-22(17)24-13-23-21/h1-5,12-13,15-16H,6-11H2,(H,23,24,25). The van der Waals surface area contributed by atoms with Crippen LogP contribution in [-0.4, -0.2) is 38.8 Å². The first-order valence-electron chi connectivity index (χ1n) is 10.1. The number of anilines is 1. The van der Waals surface area contributed by atoms with Gasteiger partial charge in [-0.1, -0.05) is 30.3 Å². The molecule has 1 aromatic carbocycles. The van der Waals surface area contributed by atoms with E-state index in [0.29, 0.717) is 12.8 Å². The van der Waals surface area contributed by atoms with E-state index in [1.807, 2.05) is 18.2 Å². The van der Waals surface area contributed by atoms with Gasteiger partial charge in [0.25, 0.3) is 0 Å². The summed E-state index contributed by atoms with van der Waals surface area (Å²) in [5, 5.41) is 4.63. The Balaban J connectivity index is 1.31. The monoisotopic (exact) mass is 406 g/mol. The second-order valence-corrected chi connectivity index (χ2v) is 8.76. The third-order valence-electron chi connectivity index (χ3n) is 5.88. The highest BCUT2D eigenvalue weighted by Crippen LogP contribution is 2.36. The van der Waals surface area contributed by atoms with Gasteiger partial charge < -0.3 is 5.32 Å². The van der Waals surface area contributed by atoms with Crippen LogP contribution in [0.4, 0.5) is 5.82 Å². The molecule has 29 heavy (non-hydrogen) atoms. The zero-order valence-electron chi connectivity index (χ0n) is 16.0. The van der Waals surface area contributed by atoms with Crippen LogP contribution < -0.4 is 5.32 Å². The lowest BCUT2D eigenvalue weighted by atomic mass is 9.90. The summed E-state index contributed by atoms with van der Waals surface area (Å²) in [5.41, 5.74) is 1.18. The van der Waals surface area contributed by atoms with Crippen molar-refractivity contribution < 1.29 is 9.59 Å². The number of carbonyl (C=O) groups is 2. The molecular weight excluding hydrogens is 384 g/mol. The van der Waals surface area contributed by atoms with Crippen LogP contribution in [0.5, 0.6) is 0 Å². The molecule has 2 aromatic heterocycles. The van der Waals surface area contributed by atoms with Gasteiger partial charge in [-0.3, -0.25) is 14.5 Å². The summed E-state index contributed by atoms with van der Waals surface area (Å²) in [6.45, 7) is 0. The van der Waals surface area contributed by atoms with Crippen molar-refractivity contribution in [3.8, 4) is 10.4 Å². The highest BCUT2D eigenvalue weighted by molar-refractivity contribution is 7.21. The van der Waals surface area contributed by atoms with Gasteiger partial charge in [0, 0.05) is 29.8 Å². The summed E-state index contributed by atoms with van der Waals surface area (Å²) < 4.78 is 0. The molecule has 1 N–H and O–H groups in total. The molecule has 1 aliphatic heterocycles. The Morgan fingerprint density at radius 1 is 0.966 bits per heavy atom. The zero-order valence-corrected chi connectivity index (χ0v) is 16.8. The fourth-order valence-electron chi connectivity index (χ4n) is 4.39. The SMILES string of the molecule is O=C1CCC(=O)N1C1CCC(Nc2ncnc3sc(-c4ccccc4)cc23)CC1. The van der Waals surface area contributed by atoms with Crippen molar-refractivity contribution >= 4 is 39.2 Å². The van der Waals surface area contributed by atoms with Gasteiger partial charge in [-0.05, 0) is 37.3 Å². The maximum absolute atomic E-state index is 12.0. The van der Waals surface area contributed by atoms with Crippen LogP contribution in [0.1, 0.15) is 38.5 Å². The van der Waals surface area contributed by atoms with Gasteiger partial charge in [0.1, 0.15) is 17.0 Å². The molecule has 3 heterocycles. The topological polar surface area (TPSA) is 75.2 Å². The molecule has 1 aliphatic carbocycles. The lowest BCUT2D eigenvalue weighted by molar-refractivity contribution is -0.141. The van der Waals surface area contributed by atoms with E-state index >= 15 is 0 Å². The number of benzene rings is 1. The van der Waals surface area contributed by atoms with Gasteiger partial charge >= 0.3 is 0 Å². The summed E-state index contributed by atoms with van der Waals surface area (Å²) in [6.07, 6.45) is 5.90. The summed E-state index contributed by atoms with van der Waals surface area (Å²) in [4.78, 5) is 36.6. The molecular formula is C22H22N4O2S.